The highest BCUT2D eigenvalue weighted by atomic mass is 19.4. The fourth-order valence-electron chi connectivity index (χ4n) is 1.28. The molecule has 96 valence electrons. The van der Waals surface area contributed by atoms with Crippen molar-refractivity contribution in [2.75, 3.05) is 0 Å². The van der Waals surface area contributed by atoms with Crippen molar-refractivity contribution in [2.45, 2.75) is 19.7 Å². The van der Waals surface area contributed by atoms with Crippen molar-refractivity contribution in [3.63, 3.8) is 0 Å². The summed E-state index contributed by atoms with van der Waals surface area (Å²) in [7, 11) is 0. The molecular formula is C12H10F3NO2. The number of nitrogens with zero attached hydrogens (tertiary/aromatic N) is 1. The van der Waals surface area contributed by atoms with Crippen LogP contribution in [0.2, 0.25) is 0 Å². The van der Waals surface area contributed by atoms with E-state index in [1.807, 2.05) is 6.07 Å². The Hall–Kier alpha value is -2.03. The normalized spacial score (nSPS) is 12.6. The number of nitriles is 1. The number of ketones is 1. The maximum absolute atomic E-state index is 11.9. The third-order valence-electron chi connectivity index (χ3n) is 2.12. The van der Waals surface area contributed by atoms with Crippen LogP contribution in [0.3, 0.4) is 0 Å². The lowest BCUT2D eigenvalue weighted by atomic mass is 10.0. The molecule has 0 aliphatic rings. The number of halogens is 3. The number of Topliss-reactive ketones (excluding diaryl/α,β-unsaturated/α-hetero) is 1. The van der Waals surface area contributed by atoms with Gasteiger partial charge in [0.15, 0.2) is 5.78 Å². The number of carbonyl (C=O) groups is 1. The predicted molar refractivity (Wildman–Crippen MR) is 56.8 cm³/mol. The van der Waals surface area contributed by atoms with Crippen LogP contribution in [0.1, 0.15) is 23.7 Å². The minimum atomic E-state index is -4.75. The van der Waals surface area contributed by atoms with Crippen molar-refractivity contribution < 1.29 is 22.7 Å². The van der Waals surface area contributed by atoms with E-state index in [1.54, 1.807) is 6.92 Å². The summed E-state index contributed by atoms with van der Waals surface area (Å²) in [5.41, 5.74) is 0.256. The van der Waals surface area contributed by atoms with Crippen LogP contribution in [0.5, 0.6) is 5.75 Å². The smallest absolute Gasteiger partial charge is 0.406 e. The molecule has 0 saturated heterocycles. The second-order valence-corrected chi connectivity index (χ2v) is 3.73. The first-order chi connectivity index (χ1) is 8.31. The van der Waals surface area contributed by atoms with Crippen LogP contribution < -0.4 is 4.74 Å². The van der Waals surface area contributed by atoms with Gasteiger partial charge >= 0.3 is 6.36 Å². The molecule has 1 unspecified atom stereocenters. The van der Waals surface area contributed by atoms with Crippen LogP contribution in [-0.2, 0) is 0 Å². The van der Waals surface area contributed by atoms with E-state index in [-0.39, 0.29) is 23.5 Å². The lowest BCUT2D eigenvalue weighted by Gasteiger charge is -2.09. The van der Waals surface area contributed by atoms with Gasteiger partial charge < -0.3 is 4.74 Å². The molecule has 1 rings (SSSR count). The van der Waals surface area contributed by atoms with E-state index in [0.717, 1.165) is 12.1 Å². The number of benzene rings is 1. The van der Waals surface area contributed by atoms with Crippen molar-refractivity contribution in [1.29, 1.82) is 5.26 Å². The molecule has 1 aromatic rings. The van der Waals surface area contributed by atoms with Crippen LogP contribution in [-0.4, -0.2) is 12.1 Å². The van der Waals surface area contributed by atoms with Crippen molar-refractivity contribution >= 4 is 5.78 Å². The highest BCUT2D eigenvalue weighted by Crippen LogP contribution is 2.23. The predicted octanol–water partition coefficient (Wildman–Crippen LogP) is 3.32. The second-order valence-electron chi connectivity index (χ2n) is 3.73. The fourth-order valence-corrected chi connectivity index (χ4v) is 1.28. The summed E-state index contributed by atoms with van der Waals surface area (Å²) in [4.78, 5) is 11.6. The van der Waals surface area contributed by atoms with Gasteiger partial charge in [-0.2, -0.15) is 5.26 Å². The average Bonchev–Trinajstić information content (AvgIpc) is 2.27. The van der Waals surface area contributed by atoms with E-state index < -0.39 is 12.3 Å². The van der Waals surface area contributed by atoms with Gasteiger partial charge in [-0.3, -0.25) is 4.79 Å². The van der Waals surface area contributed by atoms with Crippen molar-refractivity contribution in [3.05, 3.63) is 29.8 Å². The van der Waals surface area contributed by atoms with Gasteiger partial charge in [-0.1, -0.05) is 0 Å². The Labute approximate surface area is 102 Å². The van der Waals surface area contributed by atoms with Crippen LogP contribution in [0.4, 0.5) is 13.2 Å². The first kappa shape index (κ1) is 14.0. The van der Waals surface area contributed by atoms with Gasteiger partial charge in [0.1, 0.15) is 5.75 Å². The first-order valence-electron chi connectivity index (χ1n) is 5.10. The topological polar surface area (TPSA) is 50.1 Å². The molecule has 0 bridgehead atoms. The summed E-state index contributed by atoms with van der Waals surface area (Å²) in [6.45, 7) is 1.60. The van der Waals surface area contributed by atoms with Crippen LogP contribution in [0.15, 0.2) is 24.3 Å². The minimum absolute atomic E-state index is 0.0377. The summed E-state index contributed by atoms with van der Waals surface area (Å²) in [6, 6.07) is 6.54. The molecule has 0 fully saturated rings. The molecule has 0 amide bonds. The molecule has 1 aromatic carbocycles. The third-order valence-corrected chi connectivity index (χ3v) is 2.12. The highest BCUT2D eigenvalue weighted by Gasteiger charge is 2.31. The average molecular weight is 257 g/mol. The zero-order valence-corrected chi connectivity index (χ0v) is 9.49. The summed E-state index contributed by atoms with van der Waals surface area (Å²) in [6.07, 6.45) is -4.71. The maximum Gasteiger partial charge on any atom is 0.573 e. The third kappa shape index (κ3) is 4.45. The van der Waals surface area contributed by atoms with Crippen LogP contribution in [0, 0.1) is 17.2 Å². The number of alkyl halides is 3. The molecule has 6 heteroatoms. The van der Waals surface area contributed by atoms with Gasteiger partial charge in [0, 0.05) is 12.0 Å². The maximum atomic E-state index is 11.9. The summed E-state index contributed by atoms with van der Waals surface area (Å²) >= 11 is 0. The Morgan fingerprint density at radius 1 is 1.39 bits per heavy atom. The Morgan fingerprint density at radius 2 is 1.94 bits per heavy atom. The van der Waals surface area contributed by atoms with Gasteiger partial charge in [-0.05, 0) is 31.2 Å². The van der Waals surface area contributed by atoms with E-state index in [2.05, 4.69) is 4.74 Å². The number of ether oxygens (including phenoxy) is 1. The quantitative estimate of drug-likeness (QED) is 0.777. The number of hydrogen-bond acceptors (Lipinski definition) is 3. The van der Waals surface area contributed by atoms with Gasteiger partial charge in [-0.25, -0.2) is 0 Å². The molecule has 0 aromatic heterocycles. The number of hydrogen-bond donors (Lipinski definition) is 0. The molecular weight excluding hydrogens is 247 g/mol. The van der Waals surface area contributed by atoms with E-state index in [0.29, 0.717) is 0 Å². The van der Waals surface area contributed by atoms with Crippen LogP contribution in [0.25, 0.3) is 0 Å². The van der Waals surface area contributed by atoms with Gasteiger partial charge in [0.05, 0.1) is 12.0 Å². The van der Waals surface area contributed by atoms with Crippen molar-refractivity contribution in [2.24, 2.45) is 5.92 Å². The van der Waals surface area contributed by atoms with E-state index in [4.69, 9.17) is 5.26 Å². The van der Waals surface area contributed by atoms with Crippen LogP contribution >= 0.6 is 0 Å². The van der Waals surface area contributed by atoms with Gasteiger partial charge in [-0.15, -0.1) is 13.2 Å². The highest BCUT2D eigenvalue weighted by molar-refractivity contribution is 5.96. The molecule has 0 radical (unpaired) electrons. The molecule has 0 saturated carbocycles. The fraction of sp³-hybridized carbons (Fsp3) is 0.333. The molecule has 0 spiro atoms. The Balaban J connectivity index is 2.71. The van der Waals surface area contributed by atoms with Crippen molar-refractivity contribution in [1.82, 2.24) is 0 Å². The number of rotatable bonds is 4. The largest absolute Gasteiger partial charge is 0.573 e. The summed E-state index contributed by atoms with van der Waals surface area (Å²) in [5.74, 6) is -1.10. The summed E-state index contributed by atoms with van der Waals surface area (Å²) in [5, 5.41) is 8.56. The Bertz CT molecular complexity index is 460. The first-order valence-corrected chi connectivity index (χ1v) is 5.10. The second kappa shape index (κ2) is 5.54. The molecule has 1 atom stereocenters. The minimum Gasteiger partial charge on any atom is -0.406 e. The standard InChI is InChI=1S/C12H10F3NO2/c1-8(7-16)6-11(17)9-2-4-10(5-3-9)18-12(13,14)15/h2-5,8H,6H2,1H3. The monoisotopic (exact) mass is 257 g/mol. The Morgan fingerprint density at radius 3 is 2.39 bits per heavy atom. The van der Waals surface area contributed by atoms with Gasteiger partial charge in [0.2, 0.25) is 0 Å². The molecule has 3 nitrogen and oxygen atoms in total. The summed E-state index contributed by atoms with van der Waals surface area (Å²) < 4.78 is 39.4. The molecule has 0 N–H and O–H groups in total. The van der Waals surface area contributed by atoms with Gasteiger partial charge in [0.25, 0.3) is 0 Å². The SMILES string of the molecule is CC(C#N)CC(=O)c1ccc(OC(F)(F)F)cc1. The zero-order valence-electron chi connectivity index (χ0n) is 9.49. The van der Waals surface area contributed by atoms with Crippen molar-refractivity contribution in [3.8, 4) is 11.8 Å². The van der Waals surface area contributed by atoms with E-state index in [9.17, 15) is 18.0 Å². The molecule has 0 aliphatic carbocycles. The molecule has 0 heterocycles. The van der Waals surface area contributed by atoms with E-state index in [1.165, 1.54) is 12.1 Å². The molecule has 18 heavy (non-hydrogen) atoms. The zero-order chi connectivity index (χ0) is 13.8. The van der Waals surface area contributed by atoms with E-state index >= 15 is 0 Å². The number of carbonyl (C=O) groups excluding carboxylic acids is 1. The lowest BCUT2D eigenvalue weighted by Crippen LogP contribution is -2.17. The molecule has 0 aliphatic heterocycles. The Kier molecular flexibility index (Phi) is 4.32. The lowest BCUT2D eigenvalue weighted by molar-refractivity contribution is -0.274.